The van der Waals surface area contributed by atoms with Gasteiger partial charge in [0.25, 0.3) is 0 Å². The number of benzene rings is 2. The predicted octanol–water partition coefficient (Wildman–Crippen LogP) is 4.78. The fourth-order valence-electron chi connectivity index (χ4n) is 4.03. The van der Waals surface area contributed by atoms with Crippen LogP contribution in [0.4, 0.5) is 10.5 Å². The summed E-state index contributed by atoms with van der Waals surface area (Å²) >= 11 is 0. The van der Waals surface area contributed by atoms with Crippen molar-refractivity contribution in [1.29, 1.82) is 0 Å². The van der Waals surface area contributed by atoms with Gasteiger partial charge in [-0.05, 0) is 75.9 Å². The van der Waals surface area contributed by atoms with Gasteiger partial charge in [0.05, 0.1) is 0 Å². The van der Waals surface area contributed by atoms with Crippen molar-refractivity contribution in [1.82, 2.24) is 15.1 Å². The first-order valence-corrected chi connectivity index (χ1v) is 12.5. The molecule has 1 aliphatic rings. The Labute approximate surface area is 205 Å². The van der Waals surface area contributed by atoms with Crippen LogP contribution in [-0.4, -0.2) is 74.4 Å². The van der Waals surface area contributed by atoms with E-state index < -0.39 is 5.60 Å². The number of amides is 1. The number of nitrogens with zero attached hydrogens (tertiary/aromatic N) is 2. The first-order valence-electron chi connectivity index (χ1n) is 12.5. The van der Waals surface area contributed by atoms with Crippen LogP contribution in [0.1, 0.15) is 38.3 Å². The van der Waals surface area contributed by atoms with E-state index in [0.717, 1.165) is 31.6 Å². The molecule has 0 bridgehead atoms. The molecule has 0 unspecified atom stereocenters. The summed E-state index contributed by atoms with van der Waals surface area (Å²) in [4.78, 5) is 16.7. The maximum atomic E-state index is 11.7. The Balaban J connectivity index is 1.46. The molecular weight excluding hydrogens is 424 g/mol. The van der Waals surface area contributed by atoms with Crippen LogP contribution in [0.5, 0.6) is 0 Å². The third-order valence-corrected chi connectivity index (χ3v) is 6.17. The smallest absolute Gasteiger partial charge is 0.407 e. The summed E-state index contributed by atoms with van der Waals surface area (Å²) in [6, 6.07) is 15.6. The van der Waals surface area contributed by atoms with E-state index in [1.807, 2.05) is 20.8 Å². The van der Waals surface area contributed by atoms with Crippen molar-refractivity contribution in [3.05, 3.63) is 53.6 Å². The van der Waals surface area contributed by atoms with Crippen molar-refractivity contribution >= 4 is 11.8 Å². The van der Waals surface area contributed by atoms with Gasteiger partial charge in [0.15, 0.2) is 0 Å². The monoisotopic (exact) mass is 466 g/mol. The average Bonchev–Trinajstić information content (AvgIpc) is 2.79. The number of hydrogen-bond acceptors (Lipinski definition) is 5. The van der Waals surface area contributed by atoms with Gasteiger partial charge in [0.2, 0.25) is 0 Å². The molecule has 1 aliphatic heterocycles. The predicted molar refractivity (Wildman–Crippen MR) is 142 cm³/mol. The number of ether oxygens (including phenoxy) is 1. The second kappa shape index (κ2) is 12.2. The van der Waals surface area contributed by atoms with Crippen molar-refractivity contribution in [3.63, 3.8) is 0 Å². The molecule has 34 heavy (non-hydrogen) atoms. The highest BCUT2D eigenvalue weighted by atomic mass is 16.6. The summed E-state index contributed by atoms with van der Waals surface area (Å²) in [5.41, 5.74) is 5.72. The molecule has 0 radical (unpaired) electrons. The lowest BCUT2D eigenvalue weighted by atomic mass is 10.0. The van der Waals surface area contributed by atoms with Crippen LogP contribution in [0, 0.1) is 6.92 Å². The number of piperazine rings is 1. The van der Waals surface area contributed by atoms with Crippen molar-refractivity contribution < 1.29 is 9.53 Å². The quantitative estimate of drug-likeness (QED) is 0.521. The number of alkyl carbamates (subject to hydrolysis) is 1. The van der Waals surface area contributed by atoms with Crippen molar-refractivity contribution in [2.75, 3.05) is 58.2 Å². The Bertz CT molecular complexity index is 913. The Morgan fingerprint density at radius 2 is 1.65 bits per heavy atom. The molecule has 3 rings (SSSR count). The zero-order valence-electron chi connectivity index (χ0n) is 21.6. The maximum Gasteiger partial charge on any atom is 0.407 e. The molecule has 1 fully saturated rings. The SMILES string of the molecule is Cc1ccc(-c2ccc(CCN3CCN(C)CC3)cc2)cc1NCCCNC(=O)OC(C)(C)C. The van der Waals surface area contributed by atoms with Gasteiger partial charge < -0.3 is 25.2 Å². The minimum Gasteiger partial charge on any atom is -0.444 e. The zero-order valence-corrected chi connectivity index (χ0v) is 21.6. The fourth-order valence-corrected chi connectivity index (χ4v) is 4.03. The van der Waals surface area contributed by atoms with Crippen LogP contribution in [0.15, 0.2) is 42.5 Å². The minimum atomic E-state index is -0.470. The first kappa shape index (κ1) is 26.0. The molecule has 0 spiro atoms. The lowest BCUT2D eigenvalue weighted by Crippen LogP contribution is -2.45. The fraction of sp³-hybridized carbons (Fsp3) is 0.536. The number of hydrogen-bond donors (Lipinski definition) is 2. The first-order chi connectivity index (χ1) is 16.2. The Morgan fingerprint density at radius 1 is 0.971 bits per heavy atom. The van der Waals surface area contributed by atoms with Gasteiger partial charge in [-0.3, -0.25) is 0 Å². The van der Waals surface area contributed by atoms with Crippen LogP contribution in [0.25, 0.3) is 11.1 Å². The van der Waals surface area contributed by atoms with E-state index in [2.05, 4.69) is 76.9 Å². The van der Waals surface area contributed by atoms with Crippen LogP contribution < -0.4 is 10.6 Å². The summed E-state index contributed by atoms with van der Waals surface area (Å²) in [6.45, 7) is 14.9. The van der Waals surface area contributed by atoms with E-state index in [-0.39, 0.29) is 6.09 Å². The molecule has 2 aromatic rings. The molecule has 2 aromatic carbocycles. The molecule has 0 saturated carbocycles. The van der Waals surface area contributed by atoms with Crippen LogP contribution in [0.3, 0.4) is 0 Å². The highest BCUT2D eigenvalue weighted by molar-refractivity contribution is 5.70. The van der Waals surface area contributed by atoms with Crippen molar-refractivity contribution in [3.8, 4) is 11.1 Å². The normalized spacial score (nSPS) is 15.2. The van der Waals surface area contributed by atoms with Gasteiger partial charge in [-0.25, -0.2) is 4.79 Å². The Hall–Kier alpha value is -2.57. The van der Waals surface area contributed by atoms with E-state index in [9.17, 15) is 4.79 Å². The van der Waals surface area contributed by atoms with Crippen LogP contribution in [-0.2, 0) is 11.2 Å². The van der Waals surface area contributed by atoms with E-state index in [1.54, 1.807) is 0 Å². The van der Waals surface area contributed by atoms with Gasteiger partial charge in [-0.15, -0.1) is 0 Å². The summed E-state index contributed by atoms with van der Waals surface area (Å²) in [5, 5.41) is 6.32. The molecule has 2 N–H and O–H groups in total. The standard InChI is InChI=1S/C28H42N4O2/c1-22-7-10-25(21-26(22)29-14-6-15-30-27(33)34-28(2,3)4)24-11-8-23(9-12-24)13-16-32-19-17-31(5)18-20-32/h7-12,21,29H,6,13-20H2,1-5H3,(H,30,33). The van der Waals surface area contributed by atoms with Crippen molar-refractivity contribution in [2.24, 2.45) is 0 Å². The van der Waals surface area contributed by atoms with E-state index in [4.69, 9.17) is 4.74 Å². The minimum absolute atomic E-state index is 0.363. The zero-order chi connectivity index (χ0) is 24.6. The Kier molecular flexibility index (Phi) is 9.36. The van der Waals surface area contributed by atoms with Gasteiger partial charge in [-0.1, -0.05) is 36.4 Å². The van der Waals surface area contributed by atoms with Gasteiger partial charge >= 0.3 is 6.09 Å². The molecule has 6 nitrogen and oxygen atoms in total. The Morgan fingerprint density at radius 3 is 2.32 bits per heavy atom. The topological polar surface area (TPSA) is 56.8 Å². The summed E-state index contributed by atoms with van der Waals surface area (Å²) in [7, 11) is 2.20. The highest BCUT2D eigenvalue weighted by Gasteiger charge is 2.15. The number of nitrogens with one attached hydrogen (secondary N) is 2. The molecule has 186 valence electrons. The van der Waals surface area contributed by atoms with Crippen LogP contribution in [0.2, 0.25) is 0 Å². The van der Waals surface area contributed by atoms with E-state index >= 15 is 0 Å². The number of anilines is 1. The van der Waals surface area contributed by atoms with Gasteiger partial charge in [0, 0.05) is 51.5 Å². The largest absolute Gasteiger partial charge is 0.444 e. The molecular formula is C28H42N4O2. The highest BCUT2D eigenvalue weighted by Crippen LogP contribution is 2.26. The molecule has 0 aromatic heterocycles. The van der Waals surface area contributed by atoms with E-state index in [0.29, 0.717) is 6.54 Å². The average molecular weight is 467 g/mol. The summed E-state index contributed by atoms with van der Waals surface area (Å²) < 4.78 is 5.27. The molecule has 1 saturated heterocycles. The van der Waals surface area contributed by atoms with E-state index in [1.165, 1.54) is 48.4 Å². The number of aryl methyl sites for hydroxylation is 1. The third kappa shape index (κ3) is 8.65. The number of carbonyl (C=O) groups excluding carboxylic acids is 1. The second-order valence-electron chi connectivity index (χ2n) is 10.3. The number of carbonyl (C=O) groups is 1. The summed E-state index contributed by atoms with van der Waals surface area (Å²) in [6.07, 6.45) is 1.56. The lowest BCUT2D eigenvalue weighted by Gasteiger charge is -2.32. The van der Waals surface area contributed by atoms with Crippen molar-refractivity contribution in [2.45, 2.75) is 46.1 Å². The van der Waals surface area contributed by atoms with Gasteiger partial charge in [-0.2, -0.15) is 0 Å². The molecule has 1 heterocycles. The third-order valence-electron chi connectivity index (χ3n) is 6.17. The molecule has 0 atom stereocenters. The maximum absolute atomic E-state index is 11.7. The molecule has 1 amide bonds. The van der Waals surface area contributed by atoms with Gasteiger partial charge in [0.1, 0.15) is 5.60 Å². The second-order valence-corrected chi connectivity index (χ2v) is 10.3. The lowest BCUT2D eigenvalue weighted by molar-refractivity contribution is 0.0528. The number of likely N-dealkylation sites (N-methyl/N-ethyl adjacent to an activating group) is 1. The number of rotatable bonds is 9. The summed E-state index contributed by atoms with van der Waals surface area (Å²) in [5.74, 6) is 0. The molecule has 0 aliphatic carbocycles. The van der Waals surface area contributed by atoms with Crippen LogP contribution >= 0.6 is 0 Å². The molecule has 6 heteroatoms.